The molecule has 0 bridgehead atoms. The van der Waals surface area contributed by atoms with E-state index in [2.05, 4.69) is 43.2 Å². The standard InChI is InChI=1S/C16H17N3O2/c1-9-5-10(2)15(11(3)6-9)13-8-19(18-17-13)14-7-12(4)16(20)21-14/h5-8,14H,1-4H3. The largest absolute Gasteiger partial charge is 0.433 e. The van der Waals surface area contributed by atoms with Crippen LogP contribution in [0.3, 0.4) is 0 Å². The van der Waals surface area contributed by atoms with Crippen LogP contribution in [0, 0.1) is 20.8 Å². The van der Waals surface area contributed by atoms with Gasteiger partial charge in [0.15, 0.2) is 0 Å². The maximum atomic E-state index is 11.4. The molecule has 2 aromatic rings. The SMILES string of the molecule is CC1=CC(n2cc(-c3c(C)cc(C)cc3C)nn2)OC1=O. The number of hydrogen-bond donors (Lipinski definition) is 0. The van der Waals surface area contributed by atoms with E-state index in [0.29, 0.717) is 5.57 Å². The van der Waals surface area contributed by atoms with E-state index in [-0.39, 0.29) is 5.97 Å². The number of hydrogen-bond acceptors (Lipinski definition) is 4. The maximum Gasteiger partial charge on any atom is 0.335 e. The third kappa shape index (κ3) is 2.35. The second kappa shape index (κ2) is 4.84. The quantitative estimate of drug-likeness (QED) is 0.795. The first kappa shape index (κ1) is 13.5. The summed E-state index contributed by atoms with van der Waals surface area (Å²) in [5, 5.41) is 8.32. The van der Waals surface area contributed by atoms with Crippen LogP contribution in [0.15, 0.2) is 30.0 Å². The van der Waals surface area contributed by atoms with Crippen molar-refractivity contribution < 1.29 is 9.53 Å². The Labute approximate surface area is 123 Å². The number of carbonyl (C=O) groups excluding carboxylic acids is 1. The van der Waals surface area contributed by atoms with Crippen molar-refractivity contribution in [3.05, 3.63) is 46.7 Å². The van der Waals surface area contributed by atoms with E-state index < -0.39 is 6.23 Å². The van der Waals surface area contributed by atoms with Gasteiger partial charge in [-0.1, -0.05) is 22.9 Å². The van der Waals surface area contributed by atoms with Crippen LogP contribution in [-0.2, 0) is 9.53 Å². The molecule has 0 amide bonds. The van der Waals surface area contributed by atoms with Crippen molar-refractivity contribution in [1.29, 1.82) is 0 Å². The van der Waals surface area contributed by atoms with Gasteiger partial charge in [0.1, 0.15) is 5.69 Å². The van der Waals surface area contributed by atoms with Crippen LogP contribution < -0.4 is 0 Å². The van der Waals surface area contributed by atoms with Crippen molar-refractivity contribution in [3.63, 3.8) is 0 Å². The highest BCUT2D eigenvalue weighted by atomic mass is 16.6. The van der Waals surface area contributed by atoms with Gasteiger partial charge in [0.05, 0.1) is 6.20 Å². The number of esters is 1. The zero-order valence-electron chi connectivity index (χ0n) is 12.5. The van der Waals surface area contributed by atoms with Gasteiger partial charge in [0.2, 0.25) is 6.23 Å². The topological polar surface area (TPSA) is 57.0 Å². The molecular formula is C16H17N3O2. The monoisotopic (exact) mass is 283 g/mol. The third-order valence-corrected chi connectivity index (χ3v) is 3.65. The van der Waals surface area contributed by atoms with Crippen LogP contribution in [0.4, 0.5) is 0 Å². The number of aromatic nitrogens is 3. The van der Waals surface area contributed by atoms with E-state index in [9.17, 15) is 4.79 Å². The first-order valence-corrected chi connectivity index (χ1v) is 6.85. The number of benzene rings is 1. The Morgan fingerprint density at radius 1 is 1.14 bits per heavy atom. The zero-order valence-corrected chi connectivity index (χ0v) is 12.5. The van der Waals surface area contributed by atoms with Gasteiger partial charge in [0, 0.05) is 11.1 Å². The van der Waals surface area contributed by atoms with Crippen molar-refractivity contribution >= 4 is 5.97 Å². The molecule has 0 aliphatic carbocycles. The lowest BCUT2D eigenvalue weighted by molar-refractivity contribution is -0.143. The minimum atomic E-state index is -0.496. The first-order chi connectivity index (χ1) is 9.95. The third-order valence-electron chi connectivity index (χ3n) is 3.65. The van der Waals surface area contributed by atoms with Crippen molar-refractivity contribution in [3.8, 4) is 11.3 Å². The molecule has 0 saturated carbocycles. The number of aryl methyl sites for hydroxylation is 3. The molecule has 1 unspecified atom stereocenters. The average Bonchev–Trinajstić information content (AvgIpc) is 2.97. The molecule has 1 aromatic heterocycles. The van der Waals surface area contributed by atoms with Gasteiger partial charge >= 0.3 is 5.97 Å². The van der Waals surface area contributed by atoms with Crippen LogP contribution >= 0.6 is 0 Å². The minimum Gasteiger partial charge on any atom is -0.433 e. The van der Waals surface area contributed by atoms with E-state index in [4.69, 9.17) is 4.74 Å². The Kier molecular flexibility index (Phi) is 3.12. The highest BCUT2D eigenvalue weighted by molar-refractivity contribution is 5.89. The molecule has 108 valence electrons. The van der Waals surface area contributed by atoms with Gasteiger partial charge in [-0.05, 0) is 44.9 Å². The van der Waals surface area contributed by atoms with Gasteiger partial charge in [-0.15, -0.1) is 5.10 Å². The highest BCUT2D eigenvalue weighted by Gasteiger charge is 2.25. The van der Waals surface area contributed by atoms with E-state index in [1.807, 2.05) is 6.20 Å². The molecule has 2 heterocycles. The molecule has 0 saturated heterocycles. The predicted molar refractivity (Wildman–Crippen MR) is 78.6 cm³/mol. The molecule has 1 aliphatic rings. The summed E-state index contributed by atoms with van der Waals surface area (Å²) in [6, 6.07) is 4.25. The van der Waals surface area contributed by atoms with Gasteiger partial charge in [-0.2, -0.15) is 0 Å². The number of ether oxygens (including phenoxy) is 1. The van der Waals surface area contributed by atoms with Crippen molar-refractivity contribution in [1.82, 2.24) is 15.0 Å². The number of nitrogens with zero attached hydrogens (tertiary/aromatic N) is 3. The van der Waals surface area contributed by atoms with Crippen molar-refractivity contribution in [2.75, 3.05) is 0 Å². The molecule has 1 aliphatic heterocycles. The summed E-state index contributed by atoms with van der Waals surface area (Å²) in [6.07, 6.45) is 3.07. The van der Waals surface area contributed by atoms with Crippen molar-refractivity contribution in [2.24, 2.45) is 0 Å². The van der Waals surface area contributed by atoms with Gasteiger partial charge in [-0.25, -0.2) is 9.48 Å². The fraction of sp³-hybridized carbons (Fsp3) is 0.312. The molecule has 0 fully saturated rings. The number of carbonyl (C=O) groups is 1. The molecule has 5 nitrogen and oxygen atoms in total. The molecule has 0 spiro atoms. The Bertz CT molecular complexity index is 736. The summed E-state index contributed by atoms with van der Waals surface area (Å²) < 4.78 is 6.79. The molecule has 1 aromatic carbocycles. The maximum absolute atomic E-state index is 11.4. The highest BCUT2D eigenvalue weighted by Crippen LogP contribution is 2.28. The second-order valence-electron chi connectivity index (χ2n) is 5.50. The molecule has 0 radical (unpaired) electrons. The van der Waals surface area contributed by atoms with Gasteiger partial charge in [-0.3, -0.25) is 0 Å². The molecule has 21 heavy (non-hydrogen) atoms. The Morgan fingerprint density at radius 3 is 2.38 bits per heavy atom. The van der Waals surface area contributed by atoms with Gasteiger partial charge < -0.3 is 4.74 Å². The molecular weight excluding hydrogens is 266 g/mol. The van der Waals surface area contributed by atoms with E-state index in [1.165, 1.54) is 5.56 Å². The fourth-order valence-corrected chi connectivity index (χ4v) is 2.75. The summed E-state index contributed by atoms with van der Waals surface area (Å²) in [4.78, 5) is 11.4. The number of cyclic esters (lactones) is 1. The van der Waals surface area contributed by atoms with Crippen LogP contribution in [0.25, 0.3) is 11.3 Å². The first-order valence-electron chi connectivity index (χ1n) is 6.85. The predicted octanol–water partition coefficient (Wildman–Crippen LogP) is 2.87. The lowest BCUT2D eigenvalue weighted by atomic mass is 9.98. The average molecular weight is 283 g/mol. The second-order valence-corrected chi connectivity index (χ2v) is 5.50. The summed E-state index contributed by atoms with van der Waals surface area (Å²) in [5.41, 5.74) is 6.02. The lowest BCUT2D eigenvalue weighted by Gasteiger charge is -2.09. The van der Waals surface area contributed by atoms with Crippen molar-refractivity contribution in [2.45, 2.75) is 33.9 Å². The van der Waals surface area contributed by atoms with Crippen LogP contribution in [0.2, 0.25) is 0 Å². The molecule has 3 rings (SSSR count). The summed E-state index contributed by atoms with van der Waals surface area (Å²) in [5.74, 6) is -0.306. The van der Waals surface area contributed by atoms with E-state index >= 15 is 0 Å². The normalized spacial score (nSPS) is 17.8. The fourth-order valence-electron chi connectivity index (χ4n) is 2.75. The summed E-state index contributed by atoms with van der Waals surface area (Å²) in [6.45, 7) is 7.93. The molecule has 0 N–H and O–H groups in total. The Hall–Kier alpha value is -2.43. The molecule has 5 heteroatoms. The lowest BCUT2D eigenvalue weighted by Crippen LogP contribution is -2.09. The summed E-state index contributed by atoms with van der Waals surface area (Å²) >= 11 is 0. The molecule has 1 atom stereocenters. The number of rotatable bonds is 2. The van der Waals surface area contributed by atoms with Crippen LogP contribution in [-0.4, -0.2) is 21.0 Å². The summed E-state index contributed by atoms with van der Waals surface area (Å²) in [7, 11) is 0. The van der Waals surface area contributed by atoms with E-state index in [1.54, 1.807) is 17.7 Å². The van der Waals surface area contributed by atoms with Crippen LogP contribution in [0.1, 0.15) is 29.8 Å². The Balaban J connectivity index is 1.98. The smallest absolute Gasteiger partial charge is 0.335 e. The Morgan fingerprint density at radius 2 is 1.81 bits per heavy atom. The minimum absolute atomic E-state index is 0.306. The zero-order chi connectivity index (χ0) is 15.1. The van der Waals surface area contributed by atoms with Crippen LogP contribution in [0.5, 0.6) is 0 Å². The van der Waals surface area contributed by atoms with Gasteiger partial charge in [0.25, 0.3) is 0 Å². The van der Waals surface area contributed by atoms with E-state index in [0.717, 1.165) is 22.4 Å².